The van der Waals surface area contributed by atoms with Gasteiger partial charge < -0.3 is 9.47 Å². The summed E-state index contributed by atoms with van der Waals surface area (Å²) in [6.45, 7) is 0. The monoisotopic (exact) mass is 393 g/mol. The molecule has 0 N–H and O–H groups in total. The zero-order valence-corrected chi connectivity index (χ0v) is 15.7. The van der Waals surface area contributed by atoms with E-state index >= 15 is 0 Å². The van der Waals surface area contributed by atoms with E-state index in [0.717, 1.165) is 0 Å². The van der Waals surface area contributed by atoms with E-state index in [9.17, 15) is 9.59 Å². The van der Waals surface area contributed by atoms with Gasteiger partial charge in [-0.2, -0.15) is 0 Å². The second-order valence-electron chi connectivity index (χ2n) is 7.43. The Morgan fingerprint density at radius 1 is 0.833 bits per heavy atom. The van der Waals surface area contributed by atoms with Crippen LogP contribution in [-0.2, 0) is 15.1 Å². The third kappa shape index (κ3) is 2.09. The maximum Gasteiger partial charge on any atom is 0.339 e. The maximum absolute atomic E-state index is 13.8. The van der Waals surface area contributed by atoms with Crippen LogP contribution in [0.1, 0.15) is 27.2 Å². The zero-order chi connectivity index (χ0) is 20.3. The van der Waals surface area contributed by atoms with Crippen molar-refractivity contribution in [2.45, 2.75) is 5.60 Å². The molecular formula is C25H15NO4. The summed E-state index contributed by atoms with van der Waals surface area (Å²) in [6.07, 6.45) is 5.15. The SMILES string of the molecule is O=C1OC2(c3ccccc3OC3=CC=C(c4ccccn4)C(=O)C32)c2ccccc21. The summed E-state index contributed by atoms with van der Waals surface area (Å²) in [5, 5.41) is 0. The van der Waals surface area contributed by atoms with E-state index in [4.69, 9.17) is 9.47 Å². The number of rotatable bonds is 1. The van der Waals surface area contributed by atoms with Gasteiger partial charge in [0.25, 0.3) is 0 Å². The minimum atomic E-state index is -1.28. The molecule has 5 nitrogen and oxygen atoms in total. The number of esters is 1. The molecule has 0 saturated heterocycles. The number of allylic oxidation sites excluding steroid dienone is 3. The van der Waals surface area contributed by atoms with Gasteiger partial charge in [-0.25, -0.2) is 4.79 Å². The number of pyridine rings is 1. The first-order valence-corrected chi connectivity index (χ1v) is 9.68. The first kappa shape index (κ1) is 16.9. The third-order valence-electron chi connectivity index (χ3n) is 5.89. The van der Waals surface area contributed by atoms with Crippen molar-refractivity contribution < 1.29 is 19.1 Å². The molecule has 0 bridgehead atoms. The van der Waals surface area contributed by atoms with Crippen LogP contribution in [-0.4, -0.2) is 16.7 Å². The molecule has 30 heavy (non-hydrogen) atoms. The molecule has 0 fully saturated rings. The summed E-state index contributed by atoms with van der Waals surface area (Å²) >= 11 is 0. The lowest BCUT2D eigenvalue weighted by Crippen LogP contribution is -2.47. The predicted molar refractivity (Wildman–Crippen MR) is 109 cm³/mol. The molecule has 144 valence electrons. The maximum atomic E-state index is 13.8. The topological polar surface area (TPSA) is 65.5 Å². The first-order valence-electron chi connectivity index (χ1n) is 9.68. The summed E-state index contributed by atoms with van der Waals surface area (Å²) in [7, 11) is 0. The van der Waals surface area contributed by atoms with Crippen LogP contribution in [0.25, 0.3) is 5.57 Å². The van der Waals surface area contributed by atoms with Gasteiger partial charge in [0.15, 0.2) is 11.4 Å². The van der Waals surface area contributed by atoms with Crippen molar-refractivity contribution in [2.75, 3.05) is 0 Å². The minimum absolute atomic E-state index is 0.190. The fraction of sp³-hybridized carbons (Fsp3) is 0.0800. The van der Waals surface area contributed by atoms with E-state index in [2.05, 4.69) is 4.98 Å². The van der Waals surface area contributed by atoms with Gasteiger partial charge in [0, 0.05) is 22.9 Å². The average molecular weight is 393 g/mol. The van der Waals surface area contributed by atoms with Crippen LogP contribution in [0.3, 0.4) is 0 Å². The highest BCUT2D eigenvalue weighted by molar-refractivity contribution is 6.24. The quantitative estimate of drug-likeness (QED) is 0.584. The van der Waals surface area contributed by atoms with Crippen molar-refractivity contribution in [1.82, 2.24) is 4.98 Å². The molecule has 6 rings (SSSR count). The molecule has 3 heterocycles. The Balaban J connectivity index is 1.63. The minimum Gasteiger partial charge on any atom is -0.460 e. The van der Waals surface area contributed by atoms with Gasteiger partial charge in [0.1, 0.15) is 17.4 Å². The van der Waals surface area contributed by atoms with E-state index in [1.165, 1.54) is 0 Å². The number of ether oxygens (including phenoxy) is 2. The van der Waals surface area contributed by atoms with Crippen molar-refractivity contribution in [3.8, 4) is 5.75 Å². The van der Waals surface area contributed by atoms with Gasteiger partial charge in [-0.15, -0.1) is 0 Å². The number of hydrogen-bond acceptors (Lipinski definition) is 5. The summed E-state index contributed by atoms with van der Waals surface area (Å²) < 4.78 is 12.2. The van der Waals surface area contributed by atoms with Gasteiger partial charge in [-0.1, -0.05) is 42.5 Å². The van der Waals surface area contributed by atoms with Gasteiger partial charge in [-0.05, 0) is 36.4 Å². The van der Waals surface area contributed by atoms with Crippen LogP contribution < -0.4 is 4.74 Å². The molecule has 2 aromatic carbocycles. The number of aromatic nitrogens is 1. The van der Waals surface area contributed by atoms with Crippen molar-refractivity contribution in [2.24, 2.45) is 5.92 Å². The molecule has 0 saturated carbocycles. The van der Waals surface area contributed by atoms with Crippen LogP contribution in [0, 0.1) is 5.92 Å². The summed E-state index contributed by atoms with van der Waals surface area (Å²) in [6, 6.07) is 20.1. The van der Waals surface area contributed by atoms with Crippen molar-refractivity contribution in [3.63, 3.8) is 0 Å². The lowest BCUT2D eigenvalue weighted by molar-refractivity contribution is -0.124. The van der Waals surface area contributed by atoms with Crippen LogP contribution in [0.4, 0.5) is 0 Å². The summed E-state index contributed by atoms with van der Waals surface area (Å²) in [4.78, 5) is 31.0. The number of Topliss-reactive ketones (excluding diaryl/α,β-unsaturated/α-hetero) is 1. The Morgan fingerprint density at radius 3 is 2.43 bits per heavy atom. The molecule has 2 aliphatic heterocycles. The first-order chi connectivity index (χ1) is 14.7. The van der Waals surface area contributed by atoms with Crippen LogP contribution in [0.5, 0.6) is 5.75 Å². The molecule has 0 amide bonds. The van der Waals surface area contributed by atoms with Crippen LogP contribution in [0.15, 0.2) is 90.8 Å². The lowest BCUT2D eigenvalue weighted by Gasteiger charge is -2.42. The van der Waals surface area contributed by atoms with Crippen molar-refractivity contribution in [1.29, 1.82) is 0 Å². The molecule has 1 aromatic heterocycles. The number of carbonyl (C=O) groups excluding carboxylic acids is 2. The van der Waals surface area contributed by atoms with Crippen molar-refractivity contribution in [3.05, 3.63) is 113 Å². The Labute approximate surface area is 172 Å². The van der Waals surface area contributed by atoms with E-state index < -0.39 is 17.5 Å². The molecule has 1 spiro atoms. The third-order valence-corrected chi connectivity index (χ3v) is 5.89. The number of carbonyl (C=O) groups is 2. The summed E-state index contributed by atoms with van der Waals surface area (Å²) in [5.74, 6) is -0.425. The van der Waals surface area contributed by atoms with E-state index in [1.807, 2.05) is 42.5 Å². The number of para-hydroxylation sites is 1. The summed E-state index contributed by atoms with van der Waals surface area (Å²) in [5.41, 5.74) is 1.57. The molecule has 0 radical (unpaired) electrons. The normalized spacial score (nSPS) is 23.5. The van der Waals surface area contributed by atoms with E-state index in [-0.39, 0.29) is 5.78 Å². The molecule has 3 aliphatic rings. The molecular weight excluding hydrogens is 378 g/mol. The molecule has 3 aromatic rings. The number of benzene rings is 2. The van der Waals surface area contributed by atoms with Gasteiger partial charge >= 0.3 is 5.97 Å². The van der Waals surface area contributed by atoms with Gasteiger partial charge in [-0.3, -0.25) is 9.78 Å². The Kier molecular flexibility index (Phi) is 3.39. The molecule has 2 atom stereocenters. The Morgan fingerprint density at radius 2 is 1.60 bits per heavy atom. The second-order valence-corrected chi connectivity index (χ2v) is 7.43. The fourth-order valence-electron chi connectivity index (χ4n) is 4.64. The van der Waals surface area contributed by atoms with Crippen molar-refractivity contribution >= 4 is 17.3 Å². The van der Waals surface area contributed by atoms with Gasteiger partial charge in [0.2, 0.25) is 0 Å². The predicted octanol–water partition coefficient (Wildman–Crippen LogP) is 4.05. The molecule has 1 aliphatic carbocycles. The second kappa shape index (κ2) is 6.00. The highest BCUT2D eigenvalue weighted by atomic mass is 16.6. The number of ketones is 1. The van der Waals surface area contributed by atoms with Crippen LogP contribution in [0.2, 0.25) is 0 Å². The smallest absolute Gasteiger partial charge is 0.339 e. The zero-order valence-electron chi connectivity index (χ0n) is 15.7. The molecule has 2 unspecified atom stereocenters. The number of fused-ring (bicyclic) bond motifs is 6. The van der Waals surface area contributed by atoms with Crippen LogP contribution >= 0.6 is 0 Å². The van der Waals surface area contributed by atoms with E-state index in [0.29, 0.717) is 39.5 Å². The molecule has 5 heteroatoms. The lowest BCUT2D eigenvalue weighted by atomic mass is 9.68. The fourth-order valence-corrected chi connectivity index (χ4v) is 4.64. The number of hydrogen-bond donors (Lipinski definition) is 0. The number of nitrogens with zero attached hydrogens (tertiary/aromatic N) is 1. The highest BCUT2D eigenvalue weighted by Gasteiger charge is 2.61. The highest BCUT2D eigenvalue weighted by Crippen LogP contribution is 2.57. The standard InChI is InChI=1S/C25H15NO4/c27-23-16(19-10-5-6-14-26-19)12-13-21-22(23)25(18-9-3-4-11-20(18)29-21)17-8-2-1-7-15(17)24(28)30-25/h1-14,22H. The Bertz CT molecular complexity index is 1290. The Hall–Kier alpha value is -3.99. The van der Waals surface area contributed by atoms with Gasteiger partial charge in [0.05, 0.1) is 11.3 Å². The largest absolute Gasteiger partial charge is 0.460 e. The average Bonchev–Trinajstić information content (AvgIpc) is 3.08. The van der Waals surface area contributed by atoms with E-state index in [1.54, 1.807) is 42.6 Å².